The van der Waals surface area contributed by atoms with E-state index in [1.165, 1.54) is 5.57 Å². The third kappa shape index (κ3) is 7.23. The van der Waals surface area contributed by atoms with Crippen molar-refractivity contribution in [3.8, 4) is 0 Å². The van der Waals surface area contributed by atoms with Crippen LogP contribution in [0.2, 0.25) is 0 Å². The van der Waals surface area contributed by atoms with Crippen LogP contribution in [0, 0.1) is 56.2 Å². The minimum Gasteiger partial charge on any atom is -0.481 e. The lowest BCUT2D eigenvalue weighted by molar-refractivity contribution is -0.235. The molecule has 9 nitrogen and oxygen atoms in total. The number of aliphatic carboxylic acids is 1. The molecule has 2 N–H and O–H groups in total. The molecule has 1 aromatic carbocycles. The zero-order valence-corrected chi connectivity index (χ0v) is 36.9. The topological polar surface area (TPSA) is 124 Å². The van der Waals surface area contributed by atoms with Gasteiger partial charge >= 0.3 is 11.9 Å². The quantitative estimate of drug-likeness (QED) is 0.203. The lowest BCUT2D eigenvalue weighted by atomic mass is 9.33. The fraction of sp³-hybridized carbons (Fsp3) is 0.750. The maximum Gasteiger partial charge on any atom is 0.309 e. The number of aliphatic hydroxyl groups is 1. The smallest absolute Gasteiger partial charge is 0.309 e. The number of allylic oxidation sites excluding steroid dienone is 1. The molecule has 1 aromatic rings. The Bertz CT molecular complexity index is 1770. The lowest BCUT2D eigenvalue weighted by Crippen LogP contribution is -2.66. The zero-order valence-electron chi connectivity index (χ0n) is 36.9. The third-order valence-corrected chi connectivity index (χ3v) is 16.9. The SMILES string of the molecule is CC(C)C1=C2[C@H]3CC[C@@H]4[C@@]5(C)CC[C@H](OC(=O)CC(C)(C)C(=O)O)C(C)(C)[C@@H]5CC[C@@]4(C)[C@]3(C)CC[C@@]2([C@@H](O)CN(Cc2ccccc2)C(=O)CN(C)C)CC1=O. The van der Waals surface area contributed by atoms with Crippen LogP contribution in [0.4, 0.5) is 0 Å². The van der Waals surface area contributed by atoms with Crippen LogP contribution in [-0.2, 0) is 30.5 Å². The molecule has 5 aliphatic rings. The summed E-state index contributed by atoms with van der Waals surface area (Å²) in [5.41, 5.74) is 0.912. The summed E-state index contributed by atoms with van der Waals surface area (Å²) < 4.78 is 6.18. The normalized spacial score (nSPS) is 35.2. The molecule has 316 valence electrons. The van der Waals surface area contributed by atoms with Crippen LogP contribution in [0.15, 0.2) is 41.5 Å². The number of carboxylic acids is 1. The van der Waals surface area contributed by atoms with Crippen molar-refractivity contribution >= 4 is 23.6 Å². The van der Waals surface area contributed by atoms with Crippen LogP contribution in [0.1, 0.15) is 132 Å². The van der Waals surface area contributed by atoms with E-state index in [-0.39, 0.29) is 70.8 Å². The monoisotopic (exact) mass is 789 g/mol. The Morgan fingerprint density at radius 2 is 1.56 bits per heavy atom. The standard InChI is InChI=1S/C48H72N2O7/c1-30(2)40-33(51)25-48(36(52)28-50(38(53)29-49(10)11)27-31-15-13-12-14-16-31)24-23-46(8)32(41(40)48)17-18-35-45(7)21-20-37(57-39(54)26-43(3,4)42(55)56)44(5,6)34(45)19-22-47(35,46)9/h12-16,30,32,34-37,52H,17-29H2,1-11H3,(H,55,56)/t32-,34+,35-,36+,37+,45+,46-,47-,48+/m1/s1. The molecule has 57 heavy (non-hydrogen) atoms. The van der Waals surface area contributed by atoms with E-state index in [2.05, 4.69) is 48.5 Å². The highest BCUT2D eigenvalue weighted by atomic mass is 16.5. The molecule has 0 saturated heterocycles. The summed E-state index contributed by atoms with van der Waals surface area (Å²) in [7, 11) is 3.78. The molecule has 0 spiro atoms. The van der Waals surface area contributed by atoms with Crippen molar-refractivity contribution in [1.82, 2.24) is 9.80 Å². The second kappa shape index (κ2) is 15.2. The predicted molar refractivity (Wildman–Crippen MR) is 222 cm³/mol. The summed E-state index contributed by atoms with van der Waals surface area (Å²) >= 11 is 0. The highest BCUT2D eigenvalue weighted by molar-refractivity contribution is 6.00. The number of Topliss-reactive ketones (excluding diaryl/α,β-unsaturated/α-hetero) is 1. The van der Waals surface area contributed by atoms with Gasteiger partial charge < -0.3 is 24.7 Å². The van der Waals surface area contributed by atoms with Gasteiger partial charge in [-0.2, -0.15) is 0 Å². The van der Waals surface area contributed by atoms with E-state index in [4.69, 9.17) is 4.74 Å². The minimum atomic E-state index is -1.18. The maximum absolute atomic E-state index is 14.3. The lowest BCUT2D eigenvalue weighted by Gasteiger charge is -2.72. The number of hydrogen-bond acceptors (Lipinski definition) is 7. The summed E-state index contributed by atoms with van der Waals surface area (Å²) in [5, 5.41) is 22.3. The summed E-state index contributed by atoms with van der Waals surface area (Å²) in [6.45, 7) is 20.3. The molecule has 0 radical (unpaired) electrons. The number of nitrogens with zero attached hydrogens (tertiary/aromatic N) is 2. The van der Waals surface area contributed by atoms with Crippen molar-refractivity contribution in [1.29, 1.82) is 0 Å². The summed E-state index contributed by atoms with van der Waals surface area (Å²) in [6.07, 6.45) is 6.40. The van der Waals surface area contributed by atoms with Gasteiger partial charge in [0.15, 0.2) is 5.78 Å². The maximum atomic E-state index is 14.3. The number of ether oxygens (including phenoxy) is 1. The first-order chi connectivity index (χ1) is 26.4. The molecule has 5 aliphatic carbocycles. The number of carboxylic acid groups (broad SMARTS) is 1. The van der Waals surface area contributed by atoms with Crippen LogP contribution in [0.3, 0.4) is 0 Å². The second-order valence-corrected chi connectivity index (χ2v) is 21.6. The molecule has 4 saturated carbocycles. The van der Waals surface area contributed by atoms with Crippen molar-refractivity contribution < 1.29 is 34.1 Å². The van der Waals surface area contributed by atoms with E-state index in [1.54, 1.807) is 18.7 Å². The molecular formula is C48H72N2O7. The average molecular weight is 789 g/mol. The van der Waals surface area contributed by atoms with Crippen LogP contribution < -0.4 is 0 Å². The Hall–Kier alpha value is -3.04. The van der Waals surface area contributed by atoms with Crippen molar-refractivity contribution in [2.75, 3.05) is 27.2 Å². The Morgan fingerprint density at radius 1 is 0.895 bits per heavy atom. The van der Waals surface area contributed by atoms with Gasteiger partial charge in [-0.25, -0.2) is 0 Å². The zero-order chi connectivity index (χ0) is 42.1. The van der Waals surface area contributed by atoms with E-state index in [0.717, 1.165) is 62.5 Å². The molecule has 0 unspecified atom stereocenters. The first-order valence-corrected chi connectivity index (χ1v) is 21.8. The number of benzene rings is 1. The first kappa shape index (κ1) is 43.5. The number of ketones is 1. The molecular weight excluding hydrogens is 717 g/mol. The molecule has 0 bridgehead atoms. The second-order valence-electron chi connectivity index (χ2n) is 21.6. The predicted octanol–water partition coefficient (Wildman–Crippen LogP) is 8.33. The Kier molecular flexibility index (Phi) is 11.6. The van der Waals surface area contributed by atoms with Gasteiger partial charge in [-0.3, -0.25) is 19.2 Å². The number of aliphatic hydroxyl groups excluding tert-OH is 1. The van der Waals surface area contributed by atoms with Crippen molar-refractivity contribution in [3.63, 3.8) is 0 Å². The number of rotatable bonds is 12. The number of esters is 1. The van der Waals surface area contributed by atoms with Crippen molar-refractivity contribution in [2.24, 2.45) is 56.2 Å². The van der Waals surface area contributed by atoms with Gasteiger partial charge in [-0.15, -0.1) is 0 Å². The van der Waals surface area contributed by atoms with Gasteiger partial charge in [0.1, 0.15) is 6.10 Å². The minimum absolute atomic E-state index is 0.00880. The molecule has 0 aliphatic heterocycles. The van der Waals surface area contributed by atoms with Gasteiger partial charge in [0, 0.05) is 30.3 Å². The molecule has 4 fully saturated rings. The Labute approximate surface area is 342 Å². The molecule has 6 rings (SSSR count). The molecule has 9 atom stereocenters. The third-order valence-electron chi connectivity index (χ3n) is 16.9. The van der Waals surface area contributed by atoms with E-state index < -0.39 is 28.9 Å². The first-order valence-electron chi connectivity index (χ1n) is 21.8. The van der Waals surface area contributed by atoms with E-state index in [1.807, 2.05) is 49.3 Å². The summed E-state index contributed by atoms with van der Waals surface area (Å²) in [6, 6.07) is 9.96. The van der Waals surface area contributed by atoms with Gasteiger partial charge in [0.2, 0.25) is 5.91 Å². The number of likely N-dealkylation sites (N-methyl/N-ethyl adjacent to an activating group) is 1. The number of fused-ring (bicyclic) bond motifs is 7. The van der Waals surface area contributed by atoms with Gasteiger partial charge in [-0.1, -0.05) is 84.4 Å². The van der Waals surface area contributed by atoms with E-state index in [9.17, 15) is 29.4 Å². The number of carbonyl (C=O) groups is 4. The van der Waals surface area contributed by atoms with Crippen LogP contribution >= 0.6 is 0 Å². The van der Waals surface area contributed by atoms with Crippen LogP contribution in [0.5, 0.6) is 0 Å². The van der Waals surface area contributed by atoms with Crippen molar-refractivity contribution in [3.05, 3.63) is 47.0 Å². The van der Waals surface area contributed by atoms with Crippen LogP contribution in [0.25, 0.3) is 0 Å². The number of hydrogen-bond donors (Lipinski definition) is 2. The highest BCUT2D eigenvalue weighted by Gasteiger charge is 2.71. The molecule has 1 amide bonds. The Morgan fingerprint density at radius 3 is 2.18 bits per heavy atom. The average Bonchev–Trinajstić information content (AvgIpc) is 3.42. The van der Waals surface area contributed by atoms with Gasteiger partial charge in [-0.05, 0) is 130 Å². The number of amides is 1. The highest BCUT2D eigenvalue weighted by Crippen LogP contribution is 2.77. The summed E-state index contributed by atoms with van der Waals surface area (Å²) in [5.74, 6) is -0.326. The van der Waals surface area contributed by atoms with Crippen LogP contribution in [-0.4, -0.2) is 83.0 Å². The molecule has 0 heterocycles. The number of carbonyl (C=O) groups excluding carboxylic acids is 3. The van der Waals surface area contributed by atoms with E-state index >= 15 is 0 Å². The van der Waals surface area contributed by atoms with Gasteiger partial charge in [0.25, 0.3) is 0 Å². The Balaban J connectivity index is 1.30. The van der Waals surface area contributed by atoms with E-state index in [0.29, 0.717) is 24.8 Å². The largest absolute Gasteiger partial charge is 0.481 e. The van der Waals surface area contributed by atoms with Gasteiger partial charge in [0.05, 0.1) is 24.5 Å². The fourth-order valence-corrected chi connectivity index (χ4v) is 13.7. The fourth-order valence-electron chi connectivity index (χ4n) is 13.7. The molecule has 9 heteroatoms. The summed E-state index contributed by atoms with van der Waals surface area (Å²) in [4.78, 5) is 56.7. The molecule has 0 aromatic heterocycles. The van der Waals surface area contributed by atoms with Crippen molar-refractivity contribution in [2.45, 2.75) is 145 Å².